The van der Waals surface area contributed by atoms with Crippen molar-refractivity contribution >= 4 is 46.2 Å². The molecular weight excluding hydrogens is 403 g/mol. The van der Waals surface area contributed by atoms with Crippen molar-refractivity contribution in [1.29, 1.82) is 0 Å². The summed E-state index contributed by atoms with van der Waals surface area (Å²) in [5.41, 5.74) is 2.93. The van der Waals surface area contributed by atoms with E-state index in [1.165, 1.54) is 0 Å². The lowest BCUT2D eigenvalue weighted by Crippen LogP contribution is -2.29. The number of benzene rings is 1. The van der Waals surface area contributed by atoms with E-state index >= 15 is 0 Å². The first-order chi connectivity index (χ1) is 13.0. The predicted molar refractivity (Wildman–Crippen MR) is 114 cm³/mol. The molecule has 0 amide bonds. The molecule has 0 aliphatic heterocycles. The first-order valence-corrected chi connectivity index (χ1v) is 9.67. The molecule has 0 radical (unpaired) electrons. The molecular formula is C18H20Cl2N6S. The minimum absolute atomic E-state index is 0.557. The second-order valence-electron chi connectivity index (χ2n) is 6.09. The monoisotopic (exact) mass is 422 g/mol. The number of halogens is 2. The molecule has 0 atom stereocenters. The molecule has 6 nitrogen and oxygen atoms in total. The highest BCUT2D eigenvalue weighted by Crippen LogP contribution is 2.22. The maximum Gasteiger partial charge on any atom is 0.170 e. The SMILES string of the molecule is Cc1ccnn1CCCNC(=S)Nc1cnn(Cc2ccc(Cl)cc2Cl)c1. The Labute approximate surface area is 173 Å². The Morgan fingerprint density at radius 2 is 2.07 bits per heavy atom. The molecule has 3 rings (SSSR count). The van der Waals surface area contributed by atoms with Crippen LogP contribution in [0.5, 0.6) is 0 Å². The van der Waals surface area contributed by atoms with Gasteiger partial charge in [-0.05, 0) is 49.3 Å². The molecule has 142 valence electrons. The van der Waals surface area contributed by atoms with E-state index < -0.39 is 0 Å². The molecule has 1 aromatic carbocycles. The third-order valence-corrected chi connectivity index (χ3v) is 4.83. The van der Waals surface area contributed by atoms with Crippen LogP contribution in [0.25, 0.3) is 0 Å². The van der Waals surface area contributed by atoms with Crippen LogP contribution >= 0.6 is 35.4 Å². The Morgan fingerprint density at radius 1 is 1.22 bits per heavy atom. The summed E-state index contributed by atoms with van der Waals surface area (Å²) >= 11 is 17.5. The number of thiocarbonyl (C=S) groups is 1. The number of nitrogens with zero attached hydrogens (tertiary/aromatic N) is 4. The summed E-state index contributed by atoms with van der Waals surface area (Å²) in [6.07, 6.45) is 6.35. The molecule has 0 aliphatic carbocycles. The van der Waals surface area contributed by atoms with Crippen molar-refractivity contribution in [2.45, 2.75) is 26.4 Å². The van der Waals surface area contributed by atoms with E-state index in [0.29, 0.717) is 21.7 Å². The third kappa shape index (κ3) is 5.69. The van der Waals surface area contributed by atoms with Gasteiger partial charge in [-0.15, -0.1) is 0 Å². The van der Waals surface area contributed by atoms with Gasteiger partial charge in [0.1, 0.15) is 0 Å². The number of hydrogen-bond acceptors (Lipinski definition) is 3. The Kier molecular flexibility index (Phi) is 6.71. The second kappa shape index (κ2) is 9.21. The van der Waals surface area contributed by atoms with E-state index in [1.54, 1.807) is 16.9 Å². The fourth-order valence-electron chi connectivity index (χ4n) is 2.58. The Balaban J connectivity index is 1.44. The van der Waals surface area contributed by atoms with Crippen molar-refractivity contribution < 1.29 is 0 Å². The quantitative estimate of drug-likeness (QED) is 0.442. The van der Waals surface area contributed by atoms with Gasteiger partial charge in [-0.25, -0.2) is 0 Å². The fraction of sp³-hybridized carbons (Fsp3) is 0.278. The van der Waals surface area contributed by atoms with Crippen LogP contribution < -0.4 is 10.6 Å². The van der Waals surface area contributed by atoms with Gasteiger partial charge in [0.05, 0.1) is 18.4 Å². The molecule has 0 saturated carbocycles. The van der Waals surface area contributed by atoms with Crippen molar-refractivity contribution in [3.8, 4) is 0 Å². The Bertz CT molecular complexity index is 920. The van der Waals surface area contributed by atoms with Crippen molar-refractivity contribution in [2.75, 3.05) is 11.9 Å². The highest BCUT2D eigenvalue weighted by atomic mass is 35.5. The molecule has 3 aromatic rings. The number of rotatable bonds is 7. The van der Waals surface area contributed by atoms with Crippen molar-refractivity contribution in [3.05, 3.63) is 64.2 Å². The smallest absolute Gasteiger partial charge is 0.170 e. The zero-order valence-electron chi connectivity index (χ0n) is 14.8. The van der Waals surface area contributed by atoms with E-state index in [1.807, 2.05) is 42.2 Å². The van der Waals surface area contributed by atoms with Gasteiger partial charge in [-0.3, -0.25) is 9.36 Å². The number of nitrogens with one attached hydrogen (secondary N) is 2. The second-order valence-corrected chi connectivity index (χ2v) is 7.34. The van der Waals surface area contributed by atoms with Gasteiger partial charge in [-0.2, -0.15) is 10.2 Å². The summed E-state index contributed by atoms with van der Waals surface area (Å²) in [6, 6.07) is 7.43. The van der Waals surface area contributed by atoms with Crippen LogP contribution in [0.2, 0.25) is 10.0 Å². The minimum atomic E-state index is 0.557. The fourth-order valence-corrected chi connectivity index (χ4v) is 3.27. The van der Waals surface area contributed by atoms with Crippen molar-refractivity contribution in [2.24, 2.45) is 0 Å². The van der Waals surface area contributed by atoms with Crippen LogP contribution in [-0.4, -0.2) is 31.2 Å². The molecule has 0 unspecified atom stereocenters. The van der Waals surface area contributed by atoms with Crippen LogP contribution in [0.4, 0.5) is 5.69 Å². The summed E-state index contributed by atoms with van der Waals surface area (Å²) < 4.78 is 3.77. The summed E-state index contributed by atoms with van der Waals surface area (Å²) in [5.74, 6) is 0. The average Bonchev–Trinajstić information content (AvgIpc) is 3.23. The van der Waals surface area contributed by atoms with Gasteiger partial charge < -0.3 is 10.6 Å². The van der Waals surface area contributed by atoms with Gasteiger partial charge in [0, 0.05) is 41.2 Å². The molecule has 27 heavy (non-hydrogen) atoms. The number of hydrogen-bond donors (Lipinski definition) is 2. The van der Waals surface area contributed by atoms with Crippen LogP contribution in [0.3, 0.4) is 0 Å². The summed E-state index contributed by atoms with van der Waals surface area (Å²) in [4.78, 5) is 0. The van der Waals surface area contributed by atoms with Crippen molar-refractivity contribution in [1.82, 2.24) is 24.9 Å². The van der Waals surface area contributed by atoms with E-state index in [4.69, 9.17) is 35.4 Å². The standard InChI is InChI=1S/C18H20Cl2N6S/c1-13-5-7-22-26(13)8-2-6-21-18(27)24-16-10-23-25(12-16)11-14-3-4-15(19)9-17(14)20/h3-5,7,9-10,12H,2,6,8,11H2,1H3,(H2,21,24,27). The molecule has 0 aliphatic rings. The third-order valence-electron chi connectivity index (χ3n) is 4.00. The van der Waals surface area contributed by atoms with Gasteiger partial charge in [0.25, 0.3) is 0 Å². The maximum absolute atomic E-state index is 6.21. The lowest BCUT2D eigenvalue weighted by atomic mass is 10.2. The number of aryl methyl sites for hydroxylation is 2. The van der Waals surface area contributed by atoms with Crippen LogP contribution in [0.15, 0.2) is 42.9 Å². The van der Waals surface area contributed by atoms with Gasteiger partial charge in [0.2, 0.25) is 0 Å². The first kappa shape index (κ1) is 19.7. The number of anilines is 1. The largest absolute Gasteiger partial charge is 0.362 e. The molecule has 2 heterocycles. The molecule has 9 heteroatoms. The van der Waals surface area contributed by atoms with E-state index in [0.717, 1.165) is 36.5 Å². The van der Waals surface area contributed by atoms with E-state index in [2.05, 4.69) is 20.8 Å². The van der Waals surface area contributed by atoms with Crippen LogP contribution in [-0.2, 0) is 13.1 Å². The van der Waals surface area contributed by atoms with Crippen LogP contribution in [0, 0.1) is 6.92 Å². The summed E-state index contributed by atoms with van der Waals surface area (Å²) in [7, 11) is 0. The van der Waals surface area contributed by atoms with E-state index in [9.17, 15) is 0 Å². The highest BCUT2D eigenvalue weighted by Gasteiger charge is 2.05. The van der Waals surface area contributed by atoms with Crippen LogP contribution in [0.1, 0.15) is 17.7 Å². The minimum Gasteiger partial charge on any atom is -0.362 e. The zero-order valence-corrected chi connectivity index (χ0v) is 17.2. The molecule has 0 spiro atoms. The normalized spacial score (nSPS) is 10.8. The molecule has 0 saturated heterocycles. The van der Waals surface area contributed by atoms with Gasteiger partial charge in [-0.1, -0.05) is 29.3 Å². The molecule has 0 bridgehead atoms. The number of aromatic nitrogens is 4. The summed E-state index contributed by atoms with van der Waals surface area (Å²) in [5, 5.41) is 16.7. The first-order valence-electron chi connectivity index (χ1n) is 8.51. The molecule has 2 aromatic heterocycles. The average molecular weight is 423 g/mol. The summed E-state index contributed by atoms with van der Waals surface area (Å²) in [6.45, 7) is 4.22. The van der Waals surface area contributed by atoms with E-state index in [-0.39, 0.29) is 0 Å². The van der Waals surface area contributed by atoms with Gasteiger partial charge in [0.15, 0.2) is 5.11 Å². The molecule has 2 N–H and O–H groups in total. The van der Waals surface area contributed by atoms with Gasteiger partial charge >= 0.3 is 0 Å². The molecule has 0 fully saturated rings. The topological polar surface area (TPSA) is 59.7 Å². The highest BCUT2D eigenvalue weighted by molar-refractivity contribution is 7.80. The zero-order chi connectivity index (χ0) is 19.2. The lowest BCUT2D eigenvalue weighted by Gasteiger charge is -2.09. The maximum atomic E-state index is 6.21. The predicted octanol–water partition coefficient (Wildman–Crippen LogP) is 4.12. The lowest BCUT2D eigenvalue weighted by molar-refractivity contribution is 0.561. The Hall–Kier alpha value is -2.09. The van der Waals surface area contributed by atoms with Crippen molar-refractivity contribution in [3.63, 3.8) is 0 Å². The Morgan fingerprint density at radius 3 is 2.81 bits per heavy atom.